The Kier molecular flexibility index (Phi) is 1.88. The second-order valence-electron chi connectivity index (χ2n) is 1.03. The van der Waals surface area contributed by atoms with Crippen LogP contribution >= 0.6 is 0 Å². The molecule has 1 aliphatic rings. The van der Waals surface area contributed by atoms with Crippen LogP contribution < -0.4 is 0 Å². The van der Waals surface area contributed by atoms with Gasteiger partial charge in [0, 0.05) is 8.41 Å². The summed E-state index contributed by atoms with van der Waals surface area (Å²) < 4.78 is 4.48. The number of Topliss-reactive ketones (excluding diaryl/α,β-unsaturated/α-hetero) is 1. The summed E-state index contributed by atoms with van der Waals surface area (Å²) >= 11 is 0. The summed E-state index contributed by atoms with van der Waals surface area (Å²) in [7, 11) is 0. The van der Waals surface area contributed by atoms with Crippen molar-refractivity contribution in [1.82, 2.24) is 0 Å². The van der Waals surface area contributed by atoms with Crippen LogP contribution in [0.2, 0.25) is 0 Å². The Morgan fingerprint density at radius 3 is 1.83 bits per heavy atom. The molecule has 0 amide bonds. The minimum absolute atomic E-state index is 0. The normalized spacial score (nSPS) is 18.3. The van der Waals surface area contributed by atoms with Gasteiger partial charge in [-0.25, -0.2) is 0 Å². The van der Waals surface area contributed by atoms with E-state index in [2.05, 4.69) is 4.74 Å². The van der Waals surface area contributed by atoms with Crippen LogP contribution in [0.15, 0.2) is 0 Å². The highest BCUT2D eigenvalue weighted by Crippen LogP contribution is 1.88. The molecule has 0 atom stereocenters. The van der Waals surface area contributed by atoms with E-state index >= 15 is 0 Å². The number of ether oxygens (including phenoxy) is 1. The van der Waals surface area contributed by atoms with E-state index < -0.39 is 0 Å². The lowest BCUT2D eigenvalue weighted by molar-refractivity contribution is -0.140. The molecule has 0 saturated carbocycles. The fourth-order valence-electron chi connectivity index (χ4n) is 0.185. The number of hydrogen-bond donors (Lipinski definition) is 0. The molecule has 3 heteroatoms. The smallest absolute Gasteiger partial charge is 0.184 e. The Morgan fingerprint density at radius 1 is 1.50 bits per heavy atom. The highest BCUT2D eigenvalue weighted by molar-refractivity contribution is 5.84. The Hall–Kier alpha value is -0.305. The van der Waals surface area contributed by atoms with Crippen LogP contribution in [0.25, 0.3) is 0 Å². The third-order valence-corrected chi connectivity index (χ3v) is 0.526. The maximum absolute atomic E-state index is 9.77. The molecule has 1 heterocycles. The van der Waals surface area contributed by atoms with Crippen molar-refractivity contribution in [3.63, 3.8) is 0 Å². The van der Waals surface area contributed by atoms with Gasteiger partial charge in [0.25, 0.3) is 0 Å². The first-order chi connectivity index (χ1) is 2.39. The number of carbonyl (C=O) groups is 1. The molecule has 0 aromatic rings. The van der Waals surface area contributed by atoms with Gasteiger partial charge in [-0.05, 0) is 0 Å². The van der Waals surface area contributed by atoms with Gasteiger partial charge in [-0.15, -0.1) is 0 Å². The minimum atomic E-state index is 0. The average Bonchev–Trinajstić information content (AvgIpc) is 1.30. The van der Waals surface area contributed by atoms with Gasteiger partial charge in [-0.1, -0.05) is 0 Å². The number of rotatable bonds is 0. The standard InChI is InChI=1S/C3H4O2.B/c4-3-1-5-2-3;/h1-2H2;. The van der Waals surface area contributed by atoms with Crippen molar-refractivity contribution in [2.45, 2.75) is 0 Å². The predicted octanol–water partition coefficient (Wildman–Crippen LogP) is -0.795. The van der Waals surface area contributed by atoms with Gasteiger partial charge in [0.2, 0.25) is 0 Å². The third kappa shape index (κ3) is 0.827. The Labute approximate surface area is 38.1 Å². The quantitative estimate of drug-likeness (QED) is 0.358. The van der Waals surface area contributed by atoms with Crippen LogP contribution in [-0.4, -0.2) is 27.4 Å². The van der Waals surface area contributed by atoms with Gasteiger partial charge in [-0.2, -0.15) is 0 Å². The molecular weight excluding hydrogens is 78.8 g/mol. The zero-order chi connectivity index (χ0) is 3.70. The van der Waals surface area contributed by atoms with Crippen molar-refractivity contribution in [1.29, 1.82) is 0 Å². The summed E-state index contributed by atoms with van der Waals surface area (Å²) in [5, 5.41) is 0. The Balaban J connectivity index is 0.000000250. The van der Waals surface area contributed by atoms with Crippen molar-refractivity contribution < 1.29 is 9.53 Å². The van der Waals surface area contributed by atoms with Crippen LogP contribution in [0.5, 0.6) is 0 Å². The molecular formula is C3H4BO2. The van der Waals surface area contributed by atoms with E-state index in [-0.39, 0.29) is 14.2 Å². The molecule has 6 heavy (non-hydrogen) atoms. The zero-order valence-corrected chi connectivity index (χ0v) is 3.31. The zero-order valence-electron chi connectivity index (χ0n) is 3.31. The molecule has 0 aromatic heterocycles. The van der Waals surface area contributed by atoms with Crippen molar-refractivity contribution in [3.05, 3.63) is 0 Å². The van der Waals surface area contributed by atoms with E-state index in [1.807, 2.05) is 0 Å². The fraction of sp³-hybridized carbons (Fsp3) is 0.667. The molecule has 0 aliphatic carbocycles. The predicted molar refractivity (Wildman–Crippen MR) is 21.6 cm³/mol. The topological polar surface area (TPSA) is 26.3 Å². The molecule has 31 valence electrons. The summed E-state index contributed by atoms with van der Waals surface area (Å²) in [5.74, 6) is 0.213. The van der Waals surface area contributed by atoms with E-state index in [1.165, 1.54) is 0 Å². The second kappa shape index (κ2) is 1.98. The van der Waals surface area contributed by atoms with Crippen molar-refractivity contribution in [2.75, 3.05) is 13.2 Å². The van der Waals surface area contributed by atoms with E-state index in [9.17, 15) is 4.79 Å². The minimum Gasteiger partial charge on any atom is -0.366 e. The van der Waals surface area contributed by atoms with E-state index in [4.69, 9.17) is 0 Å². The third-order valence-electron chi connectivity index (χ3n) is 0.526. The van der Waals surface area contributed by atoms with Gasteiger partial charge in [0.05, 0.1) is 0 Å². The molecule has 0 unspecified atom stereocenters. The SMILES string of the molecule is O=C1COC1.[B]. The van der Waals surface area contributed by atoms with Crippen LogP contribution in [0.4, 0.5) is 0 Å². The van der Waals surface area contributed by atoms with Crippen LogP contribution in [0, 0.1) is 0 Å². The molecule has 3 radical (unpaired) electrons. The molecule has 0 aromatic carbocycles. The van der Waals surface area contributed by atoms with Gasteiger partial charge in [0.1, 0.15) is 13.2 Å². The lowest BCUT2D eigenvalue weighted by Gasteiger charge is -2.07. The van der Waals surface area contributed by atoms with E-state index in [1.54, 1.807) is 0 Å². The summed E-state index contributed by atoms with van der Waals surface area (Å²) in [6, 6.07) is 0. The summed E-state index contributed by atoms with van der Waals surface area (Å²) in [5.41, 5.74) is 0. The molecule has 0 spiro atoms. The maximum atomic E-state index is 9.77. The van der Waals surface area contributed by atoms with Gasteiger partial charge in [0.15, 0.2) is 5.78 Å². The highest BCUT2D eigenvalue weighted by Gasteiger charge is 2.10. The lowest BCUT2D eigenvalue weighted by atomic mass is 10.4. The first kappa shape index (κ1) is 5.69. The lowest BCUT2D eigenvalue weighted by Crippen LogP contribution is -2.26. The van der Waals surface area contributed by atoms with Gasteiger partial charge >= 0.3 is 0 Å². The number of ketones is 1. The molecule has 1 saturated heterocycles. The number of carbonyl (C=O) groups excluding carboxylic acids is 1. The number of hydrogen-bond acceptors (Lipinski definition) is 2. The fourth-order valence-corrected chi connectivity index (χ4v) is 0.185. The molecule has 1 fully saturated rings. The molecule has 1 aliphatic heterocycles. The van der Waals surface area contributed by atoms with Crippen LogP contribution in [0.1, 0.15) is 0 Å². The first-order valence-electron chi connectivity index (χ1n) is 1.49. The average molecular weight is 82.9 g/mol. The molecule has 0 bridgehead atoms. The summed E-state index contributed by atoms with van der Waals surface area (Å²) in [4.78, 5) is 9.77. The summed E-state index contributed by atoms with van der Waals surface area (Å²) in [6.07, 6.45) is 0. The largest absolute Gasteiger partial charge is 0.366 e. The molecule has 0 N–H and O–H groups in total. The van der Waals surface area contributed by atoms with Crippen molar-refractivity contribution >= 4 is 14.2 Å². The summed E-state index contributed by atoms with van der Waals surface area (Å²) in [6.45, 7) is 0.694. The Morgan fingerprint density at radius 2 is 1.83 bits per heavy atom. The first-order valence-corrected chi connectivity index (χ1v) is 1.49. The van der Waals surface area contributed by atoms with Gasteiger partial charge < -0.3 is 4.74 Å². The molecule has 2 nitrogen and oxygen atoms in total. The highest BCUT2D eigenvalue weighted by atomic mass is 16.5. The van der Waals surface area contributed by atoms with Gasteiger partial charge in [-0.3, -0.25) is 4.79 Å². The van der Waals surface area contributed by atoms with Crippen LogP contribution in [-0.2, 0) is 9.53 Å². The maximum Gasteiger partial charge on any atom is 0.184 e. The van der Waals surface area contributed by atoms with E-state index in [0.29, 0.717) is 13.2 Å². The monoisotopic (exact) mass is 83.0 g/mol. The Bertz CT molecular complexity index is 55.8. The molecule has 1 rings (SSSR count). The van der Waals surface area contributed by atoms with Crippen molar-refractivity contribution in [3.8, 4) is 0 Å². The van der Waals surface area contributed by atoms with Crippen LogP contribution in [0.3, 0.4) is 0 Å². The second-order valence-corrected chi connectivity index (χ2v) is 1.03. The van der Waals surface area contributed by atoms with Crippen molar-refractivity contribution in [2.24, 2.45) is 0 Å². The van der Waals surface area contributed by atoms with E-state index in [0.717, 1.165) is 0 Å².